The molecule has 4 rings (SSSR count). The minimum Gasteiger partial charge on any atom is -0.497 e. The Morgan fingerprint density at radius 3 is 2.82 bits per heavy atom. The molecule has 0 spiro atoms. The van der Waals surface area contributed by atoms with Crippen molar-refractivity contribution in [2.45, 2.75) is 39.0 Å². The fraction of sp³-hybridized carbons (Fsp3) is 0.391. The fourth-order valence-electron chi connectivity index (χ4n) is 3.96. The molecule has 10 nitrogen and oxygen atoms in total. The Labute approximate surface area is 191 Å². The summed E-state index contributed by atoms with van der Waals surface area (Å²) >= 11 is 0. The van der Waals surface area contributed by atoms with Crippen LogP contribution >= 0.6 is 0 Å². The molecule has 0 saturated heterocycles. The number of pyridine rings is 1. The van der Waals surface area contributed by atoms with Gasteiger partial charge < -0.3 is 18.9 Å². The van der Waals surface area contributed by atoms with Gasteiger partial charge in [0.1, 0.15) is 11.5 Å². The highest BCUT2D eigenvalue weighted by molar-refractivity contribution is 5.80. The van der Waals surface area contributed by atoms with E-state index in [9.17, 15) is 4.79 Å². The predicted molar refractivity (Wildman–Crippen MR) is 122 cm³/mol. The Bertz CT molecular complexity index is 1230. The normalized spacial score (nSPS) is 12.5. The summed E-state index contributed by atoms with van der Waals surface area (Å²) in [7, 11) is 3.27. The first-order valence-corrected chi connectivity index (χ1v) is 10.8. The molecule has 0 aliphatic rings. The van der Waals surface area contributed by atoms with E-state index < -0.39 is 0 Å². The second kappa shape index (κ2) is 10.4. The number of benzene rings is 1. The zero-order valence-electron chi connectivity index (χ0n) is 19.0. The summed E-state index contributed by atoms with van der Waals surface area (Å²) in [5.41, 5.74) is 1.26. The van der Waals surface area contributed by atoms with Gasteiger partial charge in [-0.25, -0.2) is 4.68 Å². The van der Waals surface area contributed by atoms with E-state index >= 15 is 0 Å². The third kappa shape index (κ3) is 5.12. The molecule has 1 atom stereocenters. The SMILES string of the molecule is CCC(c1nnnn1CCOC)N(Cc1ccco1)Cc1cc2cc(OC)ccc2[nH]c1=O. The van der Waals surface area contributed by atoms with Crippen LogP contribution in [0.15, 0.2) is 51.9 Å². The zero-order valence-corrected chi connectivity index (χ0v) is 19.0. The van der Waals surface area contributed by atoms with Gasteiger partial charge in [0.15, 0.2) is 5.82 Å². The number of furan rings is 1. The highest BCUT2D eigenvalue weighted by Gasteiger charge is 2.26. The number of tetrazole rings is 1. The lowest BCUT2D eigenvalue weighted by Crippen LogP contribution is -2.32. The van der Waals surface area contributed by atoms with Gasteiger partial charge >= 0.3 is 0 Å². The molecule has 0 radical (unpaired) electrons. The lowest BCUT2D eigenvalue weighted by molar-refractivity contribution is 0.142. The maximum absolute atomic E-state index is 12.9. The van der Waals surface area contributed by atoms with Crippen LogP contribution in [0.2, 0.25) is 0 Å². The molecule has 0 saturated carbocycles. The molecule has 1 unspecified atom stereocenters. The van der Waals surface area contributed by atoms with E-state index in [0.29, 0.717) is 31.8 Å². The van der Waals surface area contributed by atoms with Gasteiger partial charge in [0, 0.05) is 30.1 Å². The van der Waals surface area contributed by atoms with Crippen molar-refractivity contribution in [1.29, 1.82) is 0 Å². The van der Waals surface area contributed by atoms with Crippen LogP contribution in [0.3, 0.4) is 0 Å². The molecular weight excluding hydrogens is 424 g/mol. The Morgan fingerprint density at radius 1 is 1.21 bits per heavy atom. The summed E-state index contributed by atoms with van der Waals surface area (Å²) in [6.07, 6.45) is 2.39. The van der Waals surface area contributed by atoms with Crippen LogP contribution in [0.25, 0.3) is 10.9 Å². The maximum Gasteiger partial charge on any atom is 0.252 e. The Kier molecular flexibility index (Phi) is 7.16. The van der Waals surface area contributed by atoms with Crippen molar-refractivity contribution in [3.63, 3.8) is 0 Å². The third-order valence-electron chi connectivity index (χ3n) is 5.63. The molecule has 0 fully saturated rings. The van der Waals surface area contributed by atoms with Gasteiger partial charge in [-0.15, -0.1) is 5.10 Å². The number of hydrogen-bond donors (Lipinski definition) is 1. The van der Waals surface area contributed by atoms with E-state index in [4.69, 9.17) is 13.9 Å². The molecule has 33 heavy (non-hydrogen) atoms. The Hall–Kier alpha value is -3.50. The van der Waals surface area contributed by atoms with Crippen molar-refractivity contribution in [3.05, 3.63) is 70.2 Å². The fourth-order valence-corrected chi connectivity index (χ4v) is 3.96. The van der Waals surface area contributed by atoms with Crippen LogP contribution in [-0.4, -0.2) is 50.9 Å². The number of aromatic amines is 1. The largest absolute Gasteiger partial charge is 0.497 e. The van der Waals surface area contributed by atoms with Crippen molar-refractivity contribution in [2.75, 3.05) is 20.8 Å². The molecule has 1 aromatic carbocycles. The molecule has 0 aliphatic carbocycles. The van der Waals surface area contributed by atoms with E-state index in [0.717, 1.165) is 34.7 Å². The number of methoxy groups -OCH3 is 2. The van der Waals surface area contributed by atoms with Gasteiger partial charge in [0.25, 0.3) is 5.56 Å². The summed E-state index contributed by atoms with van der Waals surface area (Å²) in [5, 5.41) is 13.2. The van der Waals surface area contributed by atoms with E-state index in [1.165, 1.54) is 0 Å². The topological polar surface area (TPSA) is 111 Å². The van der Waals surface area contributed by atoms with Crippen LogP contribution in [0.5, 0.6) is 5.75 Å². The predicted octanol–water partition coefficient (Wildman–Crippen LogP) is 2.92. The average molecular weight is 453 g/mol. The van der Waals surface area contributed by atoms with E-state index in [1.54, 1.807) is 25.2 Å². The monoisotopic (exact) mass is 452 g/mol. The molecule has 3 aromatic heterocycles. The summed E-state index contributed by atoms with van der Waals surface area (Å²) in [4.78, 5) is 18.1. The van der Waals surface area contributed by atoms with Gasteiger partial charge in [-0.2, -0.15) is 0 Å². The molecule has 0 bridgehead atoms. The van der Waals surface area contributed by atoms with Crippen LogP contribution in [-0.2, 0) is 24.4 Å². The smallest absolute Gasteiger partial charge is 0.252 e. The molecular formula is C23H28N6O4. The van der Waals surface area contributed by atoms with E-state index in [-0.39, 0.29) is 11.6 Å². The van der Waals surface area contributed by atoms with Crippen LogP contribution < -0.4 is 10.3 Å². The maximum atomic E-state index is 12.9. The summed E-state index contributed by atoms with van der Waals surface area (Å²) < 4.78 is 17.9. The second-order valence-corrected chi connectivity index (χ2v) is 7.74. The summed E-state index contributed by atoms with van der Waals surface area (Å²) in [6.45, 7) is 4.00. The van der Waals surface area contributed by atoms with Crippen molar-refractivity contribution < 1.29 is 13.9 Å². The molecule has 10 heteroatoms. The summed E-state index contributed by atoms with van der Waals surface area (Å²) in [6, 6.07) is 11.1. The van der Waals surface area contributed by atoms with E-state index in [1.807, 2.05) is 36.4 Å². The van der Waals surface area contributed by atoms with E-state index in [2.05, 4.69) is 32.3 Å². The number of rotatable bonds is 11. The summed E-state index contributed by atoms with van der Waals surface area (Å²) in [5.74, 6) is 2.25. The molecule has 0 aliphatic heterocycles. The van der Waals surface area contributed by atoms with Crippen molar-refractivity contribution >= 4 is 10.9 Å². The number of H-pyrrole nitrogens is 1. The average Bonchev–Trinajstić information content (AvgIpc) is 3.50. The lowest BCUT2D eigenvalue weighted by Gasteiger charge is -2.29. The van der Waals surface area contributed by atoms with Crippen LogP contribution in [0.4, 0.5) is 0 Å². The first-order valence-electron chi connectivity index (χ1n) is 10.8. The number of hydrogen-bond acceptors (Lipinski definition) is 8. The first-order chi connectivity index (χ1) is 16.1. The van der Waals surface area contributed by atoms with Gasteiger partial charge in [0.2, 0.25) is 0 Å². The number of ether oxygens (including phenoxy) is 2. The van der Waals surface area contributed by atoms with Crippen molar-refractivity contribution in [2.24, 2.45) is 0 Å². The molecule has 4 aromatic rings. The van der Waals surface area contributed by atoms with Gasteiger partial charge in [0.05, 0.1) is 39.1 Å². The minimum atomic E-state index is -0.137. The number of nitrogens with one attached hydrogen (secondary N) is 1. The molecule has 1 N–H and O–H groups in total. The highest BCUT2D eigenvalue weighted by Crippen LogP contribution is 2.27. The third-order valence-corrected chi connectivity index (χ3v) is 5.63. The van der Waals surface area contributed by atoms with Crippen LogP contribution in [0.1, 0.15) is 36.5 Å². The Morgan fingerprint density at radius 2 is 2.09 bits per heavy atom. The van der Waals surface area contributed by atoms with Gasteiger partial charge in [-0.3, -0.25) is 9.69 Å². The minimum absolute atomic E-state index is 0.133. The standard InChI is InChI=1S/C23H28N6O4/c1-4-21(22-25-26-27-29(22)9-11-31-2)28(15-19-6-5-10-33-19)14-17-12-16-13-18(32-3)7-8-20(16)24-23(17)30/h5-8,10,12-13,21H,4,9,11,14-15H2,1-3H3,(H,24,30). The van der Waals surface area contributed by atoms with Gasteiger partial charge in [-0.05, 0) is 53.2 Å². The number of fused-ring (bicyclic) bond motifs is 1. The second-order valence-electron chi connectivity index (χ2n) is 7.74. The zero-order chi connectivity index (χ0) is 23.2. The van der Waals surface area contributed by atoms with Gasteiger partial charge in [-0.1, -0.05) is 6.92 Å². The molecule has 3 heterocycles. The number of aromatic nitrogens is 5. The first kappa shape index (κ1) is 22.7. The number of nitrogens with zero attached hydrogens (tertiary/aromatic N) is 5. The quantitative estimate of drug-likeness (QED) is 0.370. The van der Waals surface area contributed by atoms with Crippen molar-refractivity contribution in [3.8, 4) is 5.75 Å². The Balaban J connectivity index is 1.71. The van der Waals surface area contributed by atoms with Crippen molar-refractivity contribution in [1.82, 2.24) is 30.1 Å². The lowest BCUT2D eigenvalue weighted by atomic mass is 10.1. The highest BCUT2D eigenvalue weighted by atomic mass is 16.5. The van der Waals surface area contributed by atoms with Crippen LogP contribution in [0, 0.1) is 0 Å². The molecule has 0 amide bonds. The molecule has 174 valence electrons.